The zero-order valence-electron chi connectivity index (χ0n) is 14.7. The Morgan fingerprint density at radius 1 is 1.20 bits per heavy atom. The van der Waals surface area contributed by atoms with Crippen molar-refractivity contribution >= 4 is 62.0 Å². The number of carbonyl (C=O) groups excluding carboxylic acids is 1. The van der Waals surface area contributed by atoms with Crippen LogP contribution in [-0.2, 0) is 6.18 Å². The van der Waals surface area contributed by atoms with Crippen LogP contribution in [0.5, 0.6) is 0 Å². The molecule has 0 aliphatic rings. The van der Waals surface area contributed by atoms with Gasteiger partial charge in [0.2, 0.25) is 0 Å². The predicted molar refractivity (Wildman–Crippen MR) is 111 cm³/mol. The molecule has 0 radical (unpaired) electrons. The third-order valence-corrected chi connectivity index (χ3v) is 6.10. The van der Waals surface area contributed by atoms with Crippen molar-refractivity contribution < 1.29 is 22.4 Å². The Hall–Kier alpha value is -2.75. The maximum Gasteiger partial charge on any atom is 0.433 e. The minimum absolute atomic E-state index is 0.0133. The summed E-state index contributed by atoms with van der Waals surface area (Å²) < 4.78 is 45.3. The van der Waals surface area contributed by atoms with Gasteiger partial charge in [0.1, 0.15) is 21.2 Å². The molecule has 154 valence electrons. The number of furan rings is 1. The van der Waals surface area contributed by atoms with E-state index in [0.717, 1.165) is 17.4 Å². The van der Waals surface area contributed by atoms with Gasteiger partial charge >= 0.3 is 6.18 Å². The number of amides is 1. The molecule has 4 aromatic rings. The zero-order chi connectivity index (χ0) is 21.6. The number of pyridine rings is 1. The Balaban J connectivity index is 1.86. The number of aromatic nitrogens is 1. The number of nitrogen functional groups attached to an aromatic ring is 1. The second kappa shape index (κ2) is 7.50. The summed E-state index contributed by atoms with van der Waals surface area (Å²) in [4.78, 5) is 16.4. The number of benzene rings is 1. The number of fused-ring (bicyclic) bond motifs is 1. The summed E-state index contributed by atoms with van der Waals surface area (Å²) in [6.45, 7) is 0. The van der Waals surface area contributed by atoms with Crippen molar-refractivity contribution in [3.8, 4) is 11.3 Å². The number of alkyl halides is 3. The van der Waals surface area contributed by atoms with E-state index in [2.05, 4.69) is 10.3 Å². The number of nitrogens with one attached hydrogen (secondary N) is 1. The monoisotopic (exact) mass is 471 g/mol. The normalized spacial score (nSPS) is 11.8. The van der Waals surface area contributed by atoms with Gasteiger partial charge in [-0.2, -0.15) is 13.2 Å². The van der Waals surface area contributed by atoms with E-state index >= 15 is 0 Å². The quantitative estimate of drug-likeness (QED) is 0.347. The summed E-state index contributed by atoms with van der Waals surface area (Å²) in [6.07, 6.45) is -3.36. The van der Waals surface area contributed by atoms with Crippen LogP contribution in [0.2, 0.25) is 10.0 Å². The van der Waals surface area contributed by atoms with Crippen LogP contribution in [0.1, 0.15) is 15.4 Å². The van der Waals surface area contributed by atoms with Crippen LogP contribution in [0, 0.1) is 0 Å². The molecule has 0 aliphatic carbocycles. The van der Waals surface area contributed by atoms with Crippen molar-refractivity contribution in [1.29, 1.82) is 0 Å². The molecule has 0 bridgehead atoms. The minimum atomic E-state index is -4.69. The lowest BCUT2D eigenvalue weighted by molar-refractivity contribution is -0.140. The Kier molecular flexibility index (Phi) is 5.13. The molecule has 0 saturated heterocycles. The first-order valence-electron chi connectivity index (χ1n) is 8.26. The van der Waals surface area contributed by atoms with E-state index < -0.39 is 17.8 Å². The summed E-state index contributed by atoms with van der Waals surface area (Å²) >= 11 is 12.8. The standard InChI is InChI=1S/C19H10Cl2F3N3O2S/c20-9-3-1-4-10(14(9)21)26-17(28)16-15(25)13-8(11-5-2-6-29-11)7-12(19(22,23)24)27-18(13)30-16/h1-7H,25H2,(H,26,28). The van der Waals surface area contributed by atoms with Crippen LogP contribution < -0.4 is 11.1 Å². The first kappa shape index (κ1) is 20.5. The molecule has 0 atom stereocenters. The SMILES string of the molecule is Nc1c(C(=O)Nc2cccc(Cl)c2Cl)sc2nc(C(F)(F)F)cc(-c3ccco3)c12. The average Bonchev–Trinajstić information content (AvgIpc) is 3.32. The molecule has 4 rings (SSSR count). The molecule has 0 spiro atoms. The number of nitrogens with two attached hydrogens (primary N) is 1. The van der Waals surface area contributed by atoms with E-state index in [9.17, 15) is 18.0 Å². The fourth-order valence-electron chi connectivity index (χ4n) is 2.84. The van der Waals surface area contributed by atoms with Gasteiger partial charge in [-0.15, -0.1) is 11.3 Å². The van der Waals surface area contributed by atoms with E-state index in [0.29, 0.717) is 0 Å². The average molecular weight is 472 g/mol. The molecule has 1 amide bonds. The van der Waals surface area contributed by atoms with Crippen LogP contribution in [0.4, 0.5) is 24.5 Å². The summed E-state index contributed by atoms with van der Waals surface area (Å²) in [6, 6.07) is 8.54. The lowest BCUT2D eigenvalue weighted by Crippen LogP contribution is -2.12. The van der Waals surface area contributed by atoms with E-state index in [4.69, 9.17) is 33.4 Å². The van der Waals surface area contributed by atoms with Crippen LogP contribution in [0.25, 0.3) is 21.5 Å². The highest BCUT2D eigenvalue weighted by molar-refractivity contribution is 7.21. The van der Waals surface area contributed by atoms with Gasteiger partial charge in [-0.25, -0.2) is 4.98 Å². The van der Waals surface area contributed by atoms with Gasteiger partial charge in [-0.1, -0.05) is 29.3 Å². The number of nitrogens with zero attached hydrogens (tertiary/aromatic N) is 1. The third-order valence-electron chi connectivity index (χ3n) is 4.18. The van der Waals surface area contributed by atoms with Gasteiger partial charge in [0, 0.05) is 10.9 Å². The minimum Gasteiger partial charge on any atom is -0.464 e. The summed E-state index contributed by atoms with van der Waals surface area (Å²) in [7, 11) is 0. The van der Waals surface area contributed by atoms with Gasteiger partial charge in [0.05, 0.1) is 27.7 Å². The fraction of sp³-hybridized carbons (Fsp3) is 0.0526. The summed E-state index contributed by atoms with van der Waals surface area (Å²) in [5.41, 5.74) is 5.35. The van der Waals surface area contributed by atoms with Crippen LogP contribution in [-0.4, -0.2) is 10.9 Å². The van der Waals surface area contributed by atoms with Crippen molar-refractivity contribution in [2.24, 2.45) is 0 Å². The molecule has 11 heteroatoms. The second-order valence-corrected chi connectivity index (χ2v) is 7.89. The fourth-order valence-corrected chi connectivity index (χ4v) is 4.20. The van der Waals surface area contributed by atoms with E-state index in [-0.39, 0.29) is 47.8 Å². The first-order valence-corrected chi connectivity index (χ1v) is 9.83. The van der Waals surface area contributed by atoms with Crippen molar-refractivity contribution in [2.75, 3.05) is 11.1 Å². The Bertz CT molecular complexity index is 1270. The summed E-state index contributed by atoms with van der Waals surface area (Å²) in [5, 5.41) is 3.13. The van der Waals surface area contributed by atoms with Gasteiger partial charge in [-0.3, -0.25) is 4.79 Å². The Labute approximate surface area is 181 Å². The second-order valence-electron chi connectivity index (χ2n) is 6.11. The highest BCUT2D eigenvalue weighted by Crippen LogP contribution is 2.43. The molecule has 30 heavy (non-hydrogen) atoms. The van der Waals surface area contributed by atoms with Crippen molar-refractivity contribution in [1.82, 2.24) is 4.98 Å². The maximum atomic E-state index is 13.3. The number of halogens is 5. The molecule has 0 saturated carbocycles. The zero-order valence-corrected chi connectivity index (χ0v) is 17.0. The summed E-state index contributed by atoms with van der Waals surface area (Å²) in [5.74, 6) is -0.485. The molecule has 3 N–H and O–H groups in total. The molecule has 3 heterocycles. The molecule has 3 aromatic heterocycles. The largest absolute Gasteiger partial charge is 0.464 e. The Morgan fingerprint density at radius 3 is 2.63 bits per heavy atom. The third kappa shape index (κ3) is 3.60. The number of thiophene rings is 1. The van der Waals surface area contributed by atoms with Crippen LogP contribution >= 0.6 is 34.5 Å². The topological polar surface area (TPSA) is 81.2 Å². The predicted octanol–water partition coefficient (Wildman–Crippen LogP) is 6.72. The molecule has 1 aromatic carbocycles. The van der Waals surface area contributed by atoms with Crippen LogP contribution in [0.15, 0.2) is 47.1 Å². The number of hydrogen-bond acceptors (Lipinski definition) is 5. The maximum absolute atomic E-state index is 13.3. The van der Waals surface area contributed by atoms with E-state index in [1.165, 1.54) is 24.5 Å². The van der Waals surface area contributed by atoms with E-state index in [1.807, 2.05) is 0 Å². The van der Waals surface area contributed by atoms with Crippen molar-refractivity contribution in [2.45, 2.75) is 6.18 Å². The molecule has 5 nitrogen and oxygen atoms in total. The van der Waals surface area contributed by atoms with Crippen molar-refractivity contribution in [3.05, 3.63) is 63.3 Å². The molecule has 0 unspecified atom stereocenters. The lowest BCUT2D eigenvalue weighted by Gasteiger charge is -2.09. The number of anilines is 2. The number of carbonyl (C=O) groups is 1. The number of rotatable bonds is 3. The molecular weight excluding hydrogens is 462 g/mol. The van der Waals surface area contributed by atoms with Crippen molar-refractivity contribution in [3.63, 3.8) is 0 Å². The van der Waals surface area contributed by atoms with Gasteiger partial charge in [-0.05, 0) is 30.3 Å². The van der Waals surface area contributed by atoms with Gasteiger partial charge in [0.25, 0.3) is 5.91 Å². The first-order chi connectivity index (χ1) is 14.2. The molecule has 0 fully saturated rings. The molecule has 0 aliphatic heterocycles. The lowest BCUT2D eigenvalue weighted by atomic mass is 10.1. The van der Waals surface area contributed by atoms with Gasteiger partial charge in [0.15, 0.2) is 0 Å². The smallest absolute Gasteiger partial charge is 0.433 e. The van der Waals surface area contributed by atoms with E-state index in [1.54, 1.807) is 12.1 Å². The highest BCUT2D eigenvalue weighted by atomic mass is 35.5. The van der Waals surface area contributed by atoms with Crippen LogP contribution in [0.3, 0.4) is 0 Å². The number of hydrogen-bond donors (Lipinski definition) is 2. The highest BCUT2D eigenvalue weighted by Gasteiger charge is 2.35. The van der Waals surface area contributed by atoms with Gasteiger partial charge < -0.3 is 15.5 Å². The Morgan fingerprint density at radius 2 is 1.97 bits per heavy atom. The molecular formula is C19H10Cl2F3N3O2S.